The summed E-state index contributed by atoms with van der Waals surface area (Å²) in [4.78, 5) is 10.9. The number of hydrogen-bond donors (Lipinski definition) is 1. The highest BCUT2D eigenvalue weighted by molar-refractivity contribution is 5.69. The molecule has 0 atom stereocenters. The third kappa shape index (κ3) is 1.81. The van der Waals surface area contributed by atoms with Gasteiger partial charge in [0.25, 0.3) is 0 Å². The second-order valence-corrected chi connectivity index (χ2v) is 4.43. The topological polar surface area (TPSA) is 37.3 Å². The quantitative estimate of drug-likeness (QED) is 0.785. The summed E-state index contributed by atoms with van der Waals surface area (Å²) in [6, 6.07) is 7.71. The van der Waals surface area contributed by atoms with Gasteiger partial charge in [0.2, 0.25) is 0 Å². The van der Waals surface area contributed by atoms with Gasteiger partial charge in [-0.15, -0.1) is 6.42 Å². The molecule has 0 saturated heterocycles. The molecule has 0 bridgehead atoms. The van der Waals surface area contributed by atoms with Crippen LogP contribution in [0.3, 0.4) is 0 Å². The van der Waals surface area contributed by atoms with Crippen molar-refractivity contribution in [3.8, 4) is 12.3 Å². The second-order valence-electron chi connectivity index (χ2n) is 4.43. The highest BCUT2D eigenvalue weighted by atomic mass is 16.4. The lowest BCUT2D eigenvalue weighted by Gasteiger charge is -2.41. The zero-order chi connectivity index (χ0) is 11.6. The Kier molecular flexibility index (Phi) is 2.70. The van der Waals surface area contributed by atoms with E-state index in [4.69, 9.17) is 11.5 Å². The second kappa shape index (κ2) is 4.02. The molecule has 0 aromatic heterocycles. The van der Waals surface area contributed by atoms with Gasteiger partial charge in [-0.1, -0.05) is 24.5 Å². The molecule has 82 valence electrons. The van der Waals surface area contributed by atoms with E-state index in [1.165, 1.54) is 0 Å². The normalized spacial score (nSPS) is 17.2. The number of hydrogen-bond acceptors (Lipinski definition) is 1. The van der Waals surface area contributed by atoms with Crippen molar-refractivity contribution in [3.05, 3.63) is 35.4 Å². The van der Waals surface area contributed by atoms with Crippen molar-refractivity contribution in [1.82, 2.24) is 0 Å². The van der Waals surface area contributed by atoms with Crippen molar-refractivity contribution < 1.29 is 9.90 Å². The minimum atomic E-state index is -0.722. The molecule has 16 heavy (non-hydrogen) atoms. The maximum Gasteiger partial charge on any atom is 0.304 e. The van der Waals surface area contributed by atoms with Crippen LogP contribution in [0.25, 0.3) is 0 Å². The van der Waals surface area contributed by atoms with Crippen LogP contribution in [-0.4, -0.2) is 11.1 Å². The predicted molar refractivity (Wildman–Crippen MR) is 62.2 cm³/mol. The molecule has 1 fully saturated rings. The fourth-order valence-electron chi connectivity index (χ4n) is 2.38. The number of benzene rings is 1. The fraction of sp³-hybridized carbons (Fsp3) is 0.357. The van der Waals surface area contributed by atoms with Crippen molar-refractivity contribution in [2.75, 3.05) is 0 Å². The van der Waals surface area contributed by atoms with E-state index in [1.807, 2.05) is 24.3 Å². The Morgan fingerprint density at radius 1 is 1.38 bits per heavy atom. The monoisotopic (exact) mass is 214 g/mol. The Balaban J connectivity index is 2.27. The van der Waals surface area contributed by atoms with Crippen molar-refractivity contribution in [2.24, 2.45) is 0 Å². The number of rotatable bonds is 3. The van der Waals surface area contributed by atoms with Crippen molar-refractivity contribution in [3.63, 3.8) is 0 Å². The van der Waals surface area contributed by atoms with Gasteiger partial charge in [-0.05, 0) is 30.5 Å². The first-order valence-electron chi connectivity index (χ1n) is 5.45. The van der Waals surface area contributed by atoms with E-state index < -0.39 is 5.97 Å². The molecule has 1 aromatic carbocycles. The number of carboxylic acid groups (broad SMARTS) is 1. The first kappa shape index (κ1) is 10.8. The van der Waals surface area contributed by atoms with E-state index >= 15 is 0 Å². The SMILES string of the molecule is C#Cc1ccc(C2(CC(=O)O)CCC2)cc1. The van der Waals surface area contributed by atoms with Gasteiger partial charge in [-0.2, -0.15) is 0 Å². The standard InChI is InChI=1S/C14H14O2/c1-2-11-4-6-12(7-5-11)14(8-3-9-14)10-13(15)16/h1,4-7H,3,8-10H2,(H,15,16). The molecule has 2 heteroatoms. The van der Waals surface area contributed by atoms with Crippen LogP contribution in [0, 0.1) is 12.3 Å². The fourth-order valence-corrected chi connectivity index (χ4v) is 2.38. The first-order valence-corrected chi connectivity index (χ1v) is 5.45. The highest BCUT2D eigenvalue weighted by Crippen LogP contribution is 2.46. The summed E-state index contributed by atoms with van der Waals surface area (Å²) in [6.07, 6.45) is 8.57. The molecule has 0 spiro atoms. The van der Waals surface area contributed by atoms with Gasteiger partial charge in [0, 0.05) is 11.0 Å². The summed E-state index contributed by atoms with van der Waals surface area (Å²) in [5.74, 6) is 1.84. The van der Waals surface area contributed by atoms with E-state index in [0.29, 0.717) is 0 Å². The van der Waals surface area contributed by atoms with Crippen LogP contribution in [0.5, 0.6) is 0 Å². The van der Waals surface area contributed by atoms with Crippen molar-refractivity contribution in [2.45, 2.75) is 31.1 Å². The van der Waals surface area contributed by atoms with Crippen LogP contribution in [0.2, 0.25) is 0 Å². The van der Waals surface area contributed by atoms with E-state index in [9.17, 15) is 4.79 Å². The van der Waals surface area contributed by atoms with Crippen LogP contribution in [0.4, 0.5) is 0 Å². The molecule has 2 nitrogen and oxygen atoms in total. The van der Waals surface area contributed by atoms with Gasteiger partial charge in [0.15, 0.2) is 0 Å². The Morgan fingerprint density at radius 2 is 2.00 bits per heavy atom. The van der Waals surface area contributed by atoms with Crippen molar-refractivity contribution >= 4 is 5.97 Å². The zero-order valence-corrected chi connectivity index (χ0v) is 9.07. The molecule has 0 heterocycles. The Bertz CT molecular complexity index is 433. The van der Waals surface area contributed by atoms with E-state index in [0.717, 1.165) is 30.4 Å². The molecule has 0 radical (unpaired) electrons. The summed E-state index contributed by atoms with van der Waals surface area (Å²) in [5.41, 5.74) is 1.81. The van der Waals surface area contributed by atoms with Crippen LogP contribution >= 0.6 is 0 Å². The van der Waals surface area contributed by atoms with Gasteiger partial charge in [-0.25, -0.2) is 0 Å². The molecule has 2 rings (SSSR count). The average molecular weight is 214 g/mol. The minimum absolute atomic E-state index is 0.140. The molecule has 1 aromatic rings. The molecule has 1 saturated carbocycles. The summed E-state index contributed by atoms with van der Waals surface area (Å²) < 4.78 is 0. The Morgan fingerprint density at radius 3 is 2.38 bits per heavy atom. The lowest BCUT2D eigenvalue weighted by molar-refractivity contribution is -0.139. The smallest absolute Gasteiger partial charge is 0.304 e. The van der Waals surface area contributed by atoms with Crippen LogP contribution in [-0.2, 0) is 10.2 Å². The van der Waals surface area contributed by atoms with Gasteiger partial charge < -0.3 is 5.11 Å². The first-order chi connectivity index (χ1) is 7.66. The lowest BCUT2D eigenvalue weighted by Crippen LogP contribution is -2.36. The summed E-state index contributed by atoms with van der Waals surface area (Å²) in [7, 11) is 0. The van der Waals surface area contributed by atoms with Gasteiger partial charge >= 0.3 is 5.97 Å². The average Bonchev–Trinajstić information content (AvgIpc) is 2.23. The van der Waals surface area contributed by atoms with E-state index in [-0.39, 0.29) is 11.8 Å². The largest absolute Gasteiger partial charge is 0.481 e. The number of aliphatic carboxylic acids is 1. The number of terminal acetylenes is 1. The lowest BCUT2D eigenvalue weighted by atomic mass is 9.62. The third-order valence-corrected chi connectivity index (χ3v) is 3.46. The van der Waals surface area contributed by atoms with Gasteiger partial charge in [-0.3, -0.25) is 4.79 Å². The maximum absolute atomic E-state index is 10.9. The summed E-state index contributed by atoms with van der Waals surface area (Å²) >= 11 is 0. The number of carboxylic acids is 1. The molecule has 0 amide bonds. The van der Waals surface area contributed by atoms with Crippen molar-refractivity contribution in [1.29, 1.82) is 0 Å². The van der Waals surface area contributed by atoms with Crippen LogP contribution < -0.4 is 0 Å². The molecule has 0 unspecified atom stereocenters. The highest BCUT2D eigenvalue weighted by Gasteiger charge is 2.40. The van der Waals surface area contributed by atoms with Crippen LogP contribution in [0.15, 0.2) is 24.3 Å². The molecule has 0 aliphatic heterocycles. The molecule has 1 aliphatic carbocycles. The number of carbonyl (C=O) groups is 1. The summed E-state index contributed by atoms with van der Waals surface area (Å²) in [5, 5.41) is 8.94. The van der Waals surface area contributed by atoms with Gasteiger partial charge in [0.05, 0.1) is 6.42 Å². The zero-order valence-electron chi connectivity index (χ0n) is 9.07. The maximum atomic E-state index is 10.9. The minimum Gasteiger partial charge on any atom is -0.481 e. The third-order valence-electron chi connectivity index (χ3n) is 3.46. The Hall–Kier alpha value is -1.75. The predicted octanol–water partition coefficient (Wildman–Crippen LogP) is 2.56. The molecular formula is C14H14O2. The van der Waals surface area contributed by atoms with Gasteiger partial charge in [0.1, 0.15) is 0 Å². The molecular weight excluding hydrogens is 200 g/mol. The molecule has 1 N–H and O–H groups in total. The summed E-state index contributed by atoms with van der Waals surface area (Å²) in [6.45, 7) is 0. The van der Waals surface area contributed by atoms with Crippen LogP contribution in [0.1, 0.15) is 36.8 Å². The van der Waals surface area contributed by atoms with E-state index in [2.05, 4.69) is 5.92 Å². The molecule has 1 aliphatic rings. The van der Waals surface area contributed by atoms with E-state index in [1.54, 1.807) is 0 Å². The Labute approximate surface area is 95.3 Å².